The number of nitrogens with zero attached hydrogens (tertiary/aromatic N) is 2. The van der Waals surface area contributed by atoms with Gasteiger partial charge in [-0.2, -0.15) is 0 Å². The predicted octanol–water partition coefficient (Wildman–Crippen LogP) is 2.73. The molecule has 0 saturated carbocycles. The molecule has 1 heterocycles. The SMILES string of the molecule is Cc1ccc(SCc2nnsc2NN)cc1C. The van der Waals surface area contributed by atoms with Crippen LogP contribution in [-0.2, 0) is 5.75 Å². The van der Waals surface area contributed by atoms with Gasteiger partial charge in [0.25, 0.3) is 0 Å². The van der Waals surface area contributed by atoms with Crippen LogP contribution in [0.25, 0.3) is 0 Å². The van der Waals surface area contributed by atoms with E-state index in [1.807, 2.05) is 0 Å². The molecule has 0 aliphatic rings. The Morgan fingerprint density at radius 3 is 2.88 bits per heavy atom. The second kappa shape index (κ2) is 5.48. The first-order valence-corrected chi connectivity index (χ1v) is 6.94. The Balaban J connectivity index is 2.05. The molecule has 0 amide bonds. The first-order valence-electron chi connectivity index (χ1n) is 5.18. The molecule has 90 valence electrons. The van der Waals surface area contributed by atoms with Crippen LogP contribution in [0.2, 0.25) is 0 Å². The zero-order valence-electron chi connectivity index (χ0n) is 9.73. The van der Waals surface area contributed by atoms with Gasteiger partial charge in [-0.25, -0.2) is 5.84 Å². The lowest BCUT2D eigenvalue weighted by atomic mass is 10.1. The van der Waals surface area contributed by atoms with Gasteiger partial charge in [0, 0.05) is 22.2 Å². The smallest absolute Gasteiger partial charge is 0.148 e. The number of hydrogen-bond acceptors (Lipinski definition) is 6. The highest BCUT2D eigenvalue weighted by molar-refractivity contribution is 7.98. The summed E-state index contributed by atoms with van der Waals surface area (Å²) >= 11 is 3.02. The van der Waals surface area contributed by atoms with Gasteiger partial charge in [0.2, 0.25) is 0 Å². The van der Waals surface area contributed by atoms with Crippen LogP contribution in [0.1, 0.15) is 16.8 Å². The summed E-state index contributed by atoms with van der Waals surface area (Å²) in [6.45, 7) is 4.24. The third-order valence-corrected chi connectivity index (χ3v) is 4.25. The van der Waals surface area contributed by atoms with Crippen molar-refractivity contribution >= 4 is 28.3 Å². The molecule has 4 nitrogen and oxygen atoms in total. The van der Waals surface area contributed by atoms with E-state index in [0.717, 1.165) is 16.4 Å². The molecule has 2 rings (SSSR count). The first-order chi connectivity index (χ1) is 8.20. The van der Waals surface area contributed by atoms with Crippen molar-refractivity contribution in [1.29, 1.82) is 0 Å². The van der Waals surface area contributed by atoms with Crippen LogP contribution in [0.3, 0.4) is 0 Å². The fraction of sp³-hybridized carbons (Fsp3) is 0.273. The maximum absolute atomic E-state index is 5.38. The van der Waals surface area contributed by atoms with Gasteiger partial charge in [-0.15, -0.1) is 16.9 Å². The van der Waals surface area contributed by atoms with Gasteiger partial charge in [0.1, 0.15) is 10.7 Å². The van der Waals surface area contributed by atoms with Gasteiger partial charge in [-0.1, -0.05) is 10.6 Å². The lowest BCUT2D eigenvalue weighted by Gasteiger charge is -2.04. The Hall–Kier alpha value is -1.11. The molecule has 3 N–H and O–H groups in total. The van der Waals surface area contributed by atoms with E-state index in [9.17, 15) is 0 Å². The van der Waals surface area contributed by atoms with Crippen LogP contribution < -0.4 is 11.3 Å². The number of thioether (sulfide) groups is 1. The zero-order valence-corrected chi connectivity index (χ0v) is 11.4. The normalized spacial score (nSPS) is 10.5. The van der Waals surface area contributed by atoms with Gasteiger partial charge >= 0.3 is 0 Å². The Bertz CT molecular complexity index is 510. The summed E-state index contributed by atoms with van der Waals surface area (Å²) in [6, 6.07) is 6.46. The van der Waals surface area contributed by atoms with E-state index in [1.165, 1.54) is 27.6 Å². The van der Waals surface area contributed by atoms with Crippen LogP contribution in [-0.4, -0.2) is 9.59 Å². The minimum Gasteiger partial charge on any atom is -0.313 e. The number of aryl methyl sites for hydroxylation is 2. The summed E-state index contributed by atoms with van der Waals surface area (Å²) in [7, 11) is 0. The van der Waals surface area contributed by atoms with Crippen molar-refractivity contribution in [3.05, 3.63) is 35.0 Å². The van der Waals surface area contributed by atoms with Crippen LogP contribution in [0.5, 0.6) is 0 Å². The highest BCUT2D eigenvalue weighted by Crippen LogP contribution is 2.27. The van der Waals surface area contributed by atoms with E-state index in [4.69, 9.17) is 5.84 Å². The molecule has 0 unspecified atom stereocenters. The Morgan fingerprint density at radius 1 is 1.35 bits per heavy atom. The molecule has 0 aliphatic heterocycles. The number of hydrogen-bond donors (Lipinski definition) is 2. The fourth-order valence-corrected chi connectivity index (χ4v) is 2.88. The van der Waals surface area contributed by atoms with E-state index < -0.39 is 0 Å². The third kappa shape index (κ3) is 2.96. The number of rotatable bonds is 4. The molecule has 0 atom stereocenters. The summed E-state index contributed by atoms with van der Waals surface area (Å²) in [5.41, 5.74) is 6.14. The van der Waals surface area contributed by atoms with Gasteiger partial charge < -0.3 is 5.43 Å². The summed E-state index contributed by atoms with van der Waals surface area (Å²) < 4.78 is 3.87. The third-order valence-electron chi connectivity index (χ3n) is 2.54. The molecule has 0 spiro atoms. The van der Waals surface area contributed by atoms with Crippen molar-refractivity contribution in [2.45, 2.75) is 24.5 Å². The predicted molar refractivity (Wildman–Crippen MR) is 73.2 cm³/mol. The number of benzene rings is 1. The van der Waals surface area contributed by atoms with Crippen molar-refractivity contribution in [2.24, 2.45) is 5.84 Å². The number of aromatic nitrogens is 2. The largest absolute Gasteiger partial charge is 0.313 e. The van der Waals surface area contributed by atoms with E-state index in [2.05, 4.69) is 47.1 Å². The molecule has 0 radical (unpaired) electrons. The van der Waals surface area contributed by atoms with Gasteiger partial charge in [0.05, 0.1) is 0 Å². The number of anilines is 1. The standard InChI is InChI=1S/C11H14N4S2/c1-7-3-4-9(5-8(7)2)16-6-10-11(13-12)17-15-14-10/h3-5,13H,6,12H2,1-2H3. The van der Waals surface area contributed by atoms with E-state index in [0.29, 0.717) is 0 Å². The van der Waals surface area contributed by atoms with Crippen molar-refractivity contribution in [2.75, 3.05) is 5.43 Å². The quantitative estimate of drug-likeness (QED) is 0.506. The Labute approximate surface area is 109 Å². The van der Waals surface area contributed by atoms with Crippen molar-refractivity contribution in [1.82, 2.24) is 9.59 Å². The monoisotopic (exact) mass is 266 g/mol. The van der Waals surface area contributed by atoms with Crippen LogP contribution >= 0.6 is 23.3 Å². The van der Waals surface area contributed by atoms with Crippen molar-refractivity contribution in [3.63, 3.8) is 0 Å². The maximum Gasteiger partial charge on any atom is 0.148 e. The number of nitrogens with two attached hydrogens (primary N) is 1. The lowest BCUT2D eigenvalue weighted by Crippen LogP contribution is -2.06. The average Bonchev–Trinajstić information content (AvgIpc) is 2.78. The average molecular weight is 266 g/mol. The van der Waals surface area contributed by atoms with E-state index >= 15 is 0 Å². The number of nitrogens with one attached hydrogen (secondary N) is 1. The lowest BCUT2D eigenvalue weighted by molar-refractivity contribution is 1.07. The highest BCUT2D eigenvalue weighted by atomic mass is 32.2. The van der Waals surface area contributed by atoms with Gasteiger partial charge in [-0.05, 0) is 37.1 Å². The summed E-state index contributed by atoms with van der Waals surface area (Å²) in [4.78, 5) is 1.24. The minimum atomic E-state index is 0.776. The van der Waals surface area contributed by atoms with Gasteiger partial charge in [-0.3, -0.25) is 0 Å². The Kier molecular flexibility index (Phi) is 3.98. The van der Waals surface area contributed by atoms with Gasteiger partial charge in [0.15, 0.2) is 0 Å². The Morgan fingerprint density at radius 2 is 2.18 bits per heavy atom. The fourth-order valence-electron chi connectivity index (χ4n) is 1.37. The summed E-state index contributed by atoms with van der Waals surface area (Å²) in [5, 5.41) is 4.88. The summed E-state index contributed by atoms with van der Waals surface area (Å²) in [5.74, 6) is 6.16. The van der Waals surface area contributed by atoms with Crippen LogP contribution in [0.15, 0.2) is 23.1 Å². The molecule has 2 aromatic rings. The molecule has 1 aromatic heterocycles. The number of hydrazine groups is 1. The van der Waals surface area contributed by atoms with Crippen molar-refractivity contribution < 1.29 is 0 Å². The second-order valence-corrected chi connectivity index (χ2v) is 5.53. The zero-order chi connectivity index (χ0) is 12.3. The summed E-state index contributed by atoms with van der Waals surface area (Å²) in [6.07, 6.45) is 0. The molecule has 6 heteroatoms. The molecular formula is C11H14N4S2. The van der Waals surface area contributed by atoms with Crippen LogP contribution in [0.4, 0.5) is 5.00 Å². The molecule has 17 heavy (non-hydrogen) atoms. The van der Waals surface area contributed by atoms with E-state index in [1.54, 1.807) is 11.8 Å². The maximum atomic E-state index is 5.38. The first kappa shape index (κ1) is 12.3. The van der Waals surface area contributed by atoms with E-state index in [-0.39, 0.29) is 0 Å². The topological polar surface area (TPSA) is 63.8 Å². The molecule has 1 aromatic carbocycles. The molecule has 0 bridgehead atoms. The number of nitrogen functional groups attached to an aromatic ring is 1. The molecule has 0 aliphatic carbocycles. The van der Waals surface area contributed by atoms with Crippen molar-refractivity contribution in [3.8, 4) is 0 Å². The molecule has 0 saturated heterocycles. The second-order valence-electron chi connectivity index (χ2n) is 3.73. The molecule has 0 fully saturated rings. The molecular weight excluding hydrogens is 252 g/mol. The minimum absolute atomic E-state index is 0.776. The highest BCUT2D eigenvalue weighted by Gasteiger charge is 2.07. The van der Waals surface area contributed by atoms with Crippen LogP contribution in [0, 0.1) is 13.8 Å².